The van der Waals surface area contributed by atoms with Crippen molar-refractivity contribution in [1.82, 2.24) is 10.2 Å². The van der Waals surface area contributed by atoms with E-state index in [4.69, 9.17) is 33.2 Å². The second kappa shape index (κ2) is 15.7. The number of hydrogen-bond acceptors (Lipinski definition) is 9. The number of ether oxygens (including phenoxy) is 7. The molecule has 2 aliphatic rings. The van der Waals surface area contributed by atoms with E-state index in [1.54, 1.807) is 43.4 Å². The van der Waals surface area contributed by atoms with Crippen LogP contribution in [0.1, 0.15) is 49.3 Å². The number of hydrogen-bond donors (Lipinski definition) is 1. The van der Waals surface area contributed by atoms with Crippen LogP contribution in [0.5, 0.6) is 40.2 Å². The summed E-state index contributed by atoms with van der Waals surface area (Å²) in [5.41, 5.74) is 1.40. The van der Waals surface area contributed by atoms with Crippen molar-refractivity contribution in [2.24, 2.45) is 0 Å². The highest BCUT2D eigenvalue weighted by molar-refractivity contribution is 5.91. The molecule has 0 bridgehead atoms. The minimum absolute atomic E-state index is 0.00438. The average molecular weight is 649 g/mol. The molecule has 0 saturated heterocycles. The molecule has 11 nitrogen and oxygen atoms in total. The molecule has 11 heteroatoms. The summed E-state index contributed by atoms with van der Waals surface area (Å²) < 4.78 is 40.0. The predicted octanol–water partition coefficient (Wildman–Crippen LogP) is 5.13. The fraction of sp³-hybridized carbons (Fsp3) is 0.444. The van der Waals surface area contributed by atoms with E-state index < -0.39 is 18.1 Å². The summed E-state index contributed by atoms with van der Waals surface area (Å²) in [7, 11) is 7.71. The third-order valence-electron chi connectivity index (χ3n) is 8.67. The molecule has 1 fully saturated rings. The molecule has 0 aromatic heterocycles. The van der Waals surface area contributed by atoms with E-state index in [9.17, 15) is 9.59 Å². The van der Waals surface area contributed by atoms with Gasteiger partial charge in [-0.2, -0.15) is 0 Å². The fourth-order valence-corrected chi connectivity index (χ4v) is 6.24. The molecule has 3 aromatic carbocycles. The molecule has 1 aliphatic carbocycles. The first kappa shape index (κ1) is 33.6. The van der Waals surface area contributed by atoms with Gasteiger partial charge in [0, 0.05) is 12.6 Å². The summed E-state index contributed by atoms with van der Waals surface area (Å²) in [6.07, 6.45) is 4.39. The fourth-order valence-electron chi connectivity index (χ4n) is 6.24. The molecule has 0 radical (unpaired) electrons. The van der Waals surface area contributed by atoms with Crippen molar-refractivity contribution in [3.8, 4) is 40.2 Å². The van der Waals surface area contributed by atoms with Gasteiger partial charge in [0.05, 0.1) is 35.5 Å². The third-order valence-corrected chi connectivity index (χ3v) is 8.67. The maximum Gasteiger partial charge on any atom is 0.268 e. The van der Waals surface area contributed by atoms with Crippen molar-refractivity contribution >= 4 is 11.8 Å². The van der Waals surface area contributed by atoms with Gasteiger partial charge in [-0.1, -0.05) is 37.5 Å². The summed E-state index contributed by atoms with van der Waals surface area (Å²) in [6.45, 7) is 0.171. The van der Waals surface area contributed by atoms with Gasteiger partial charge in [0.15, 0.2) is 34.5 Å². The maximum absolute atomic E-state index is 14.6. The first-order chi connectivity index (χ1) is 22.9. The Balaban J connectivity index is 1.57. The number of carbonyl (C=O) groups excluding carboxylic acids is 2. The molecule has 0 spiro atoms. The zero-order valence-electron chi connectivity index (χ0n) is 27.7. The molecule has 2 atom stereocenters. The predicted molar refractivity (Wildman–Crippen MR) is 175 cm³/mol. The van der Waals surface area contributed by atoms with Gasteiger partial charge in [-0.3, -0.25) is 9.59 Å². The number of benzene rings is 3. The van der Waals surface area contributed by atoms with Crippen molar-refractivity contribution in [2.75, 3.05) is 48.7 Å². The quantitative estimate of drug-likeness (QED) is 0.270. The molecule has 252 valence electrons. The van der Waals surface area contributed by atoms with Gasteiger partial charge >= 0.3 is 0 Å². The molecule has 47 heavy (non-hydrogen) atoms. The summed E-state index contributed by atoms with van der Waals surface area (Å²) >= 11 is 0. The number of para-hydroxylation sites is 2. The Kier molecular flexibility index (Phi) is 11.2. The highest BCUT2D eigenvalue weighted by Gasteiger charge is 2.39. The standard InChI is InChI=1S/C36H44N2O9/c1-41-26-16-15-23(19-29(26)42-2)17-18-38(36(40)32-22-46-27-13-9-10-14-28(27)47-32)33(35(39)37-25-11-7-6-8-12-25)24-20-30(43-3)34(45-5)31(21-24)44-4/h9-10,13-16,19-21,25,32-33H,6-8,11-12,17-18,22H2,1-5H3,(H,37,39)/t32-,33+/m1/s1. The number of fused-ring (bicyclic) bond motifs is 1. The lowest BCUT2D eigenvalue weighted by Gasteiger charge is -2.36. The van der Waals surface area contributed by atoms with Crippen molar-refractivity contribution in [3.05, 3.63) is 65.7 Å². The number of methoxy groups -OCH3 is 5. The zero-order valence-corrected chi connectivity index (χ0v) is 27.7. The van der Waals surface area contributed by atoms with E-state index in [1.165, 1.54) is 21.3 Å². The Morgan fingerprint density at radius 2 is 1.47 bits per heavy atom. The molecule has 1 aliphatic heterocycles. The van der Waals surface area contributed by atoms with E-state index in [1.807, 2.05) is 30.3 Å². The number of nitrogens with zero attached hydrogens (tertiary/aromatic N) is 1. The molecule has 1 saturated carbocycles. The number of rotatable bonds is 13. The first-order valence-electron chi connectivity index (χ1n) is 15.9. The van der Waals surface area contributed by atoms with Crippen LogP contribution in [0.15, 0.2) is 54.6 Å². The Hall–Kier alpha value is -4.80. The van der Waals surface area contributed by atoms with Crippen LogP contribution >= 0.6 is 0 Å². The lowest BCUT2D eigenvalue weighted by Crippen LogP contribution is -2.53. The van der Waals surface area contributed by atoms with Gasteiger partial charge < -0.3 is 43.4 Å². The second-order valence-electron chi connectivity index (χ2n) is 11.5. The van der Waals surface area contributed by atoms with E-state index in [2.05, 4.69) is 5.32 Å². The summed E-state index contributed by atoms with van der Waals surface area (Å²) in [6, 6.07) is 15.2. The summed E-state index contributed by atoms with van der Waals surface area (Å²) in [5.74, 6) is 2.62. The highest BCUT2D eigenvalue weighted by Crippen LogP contribution is 2.41. The lowest BCUT2D eigenvalue weighted by molar-refractivity contribution is -0.148. The van der Waals surface area contributed by atoms with Crippen LogP contribution in [0.3, 0.4) is 0 Å². The molecule has 5 rings (SSSR count). The molecule has 0 unspecified atom stereocenters. The number of nitrogens with one attached hydrogen (secondary N) is 1. The Morgan fingerprint density at radius 3 is 2.11 bits per heavy atom. The van der Waals surface area contributed by atoms with Gasteiger partial charge in [-0.15, -0.1) is 0 Å². The lowest BCUT2D eigenvalue weighted by atomic mass is 9.94. The van der Waals surface area contributed by atoms with Crippen LogP contribution in [-0.2, 0) is 16.0 Å². The molecule has 1 heterocycles. The molecule has 3 aromatic rings. The van der Waals surface area contributed by atoms with E-state index in [-0.39, 0.29) is 25.1 Å². The van der Waals surface area contributed by atoms with Crippen LogP contribution in [-0.4, -0.2) is 77.6 Å². The normalized spacial score (nSPS) is 16.4. The topological polar surface area (TPSA) is 114 Å². The maximum atomic E-state index is 14.6. The molecule has 2 amide bonds. The van der Waals surface area contributed by atoms with Crippen molar-refractivity contribution in [2.45, 2.75) is 56.7 Å². The largest absolute Gasteiger partial charge is 0.493 e. The van der Waals surface area contributed by atoms with Crippen LogP contribution in [0.4, 0.5) is 0 Å². The third kappa shape index (κ3) is 7.61. The number of amides is 2. The SMILES string of the molecule is COc1ccc(CCN(C(=O)[C@H]2COc3ccccc3O2)[C@H](C(=O)NC2CCCCC2)c2cc(OC)c(OC)c(OC)c2)cc1OC. The van der Waals surface area contributed by atoms with Crippen molar-refractivity contribution < 1.29 is 42.7 Å². The van der Waals surface area contributed by atoms with Crippen LogP contribution in [0.25, 0.3) is 0 Å². The van der Waals surface area contributed by atoms with Crippen LogP contribution < -0.4 is 38.5 Å². The Bertz CT molecular complexity index is 1510. The Morgan fingerprint density at radius 1 is 0.809 bits per heavy atom. The van der Waals surface area contributed by atoms with Crippen molar-refractivity contribution in [3.63, 3.8) is 0 Å². The van der Waals surface area contributed by atoms with Crippen LogP contribution in [0.2, 0.25) is 0 Å². The van der Waals surface area contributed by atoms with Gasteiger partial charge in [-0.25, -0.2) is 0 Å². The van der Waals surface area contributed by atoms with Gasteiger partial charge in [-0.05, 0) is 66.8 Å². The van der Waals surface area contributed by atoms with Gasteiger partial charge in [0.1, 0.15) is 12.6 Å². The number of carbonyl (C=O) groups is 2. The zero-order chi connectivity index (χ0) is 33.3. The van der Waals surface area contributed by atoms with E-state index in [0.717, 1.165) is 37.7 Å². The average Bonchev–Trinajstić information content (AvgIpc) is 3.12. The van der Waals surface area contributed by atoms with Crippen molar-refractivity contribution in [1.29, 1.82) is 0 Å². The minimum Gasteiger partial charge on any atom is -0.493 e. The Labute approximate surface area is 276 Å². The first-order valence-corrected chi connectivity index (χ1v) is 15.9. The molecule has 1 N–H and O–H groups in total. The van der Waals surface area contributed by atoms with E-state index >= 15 is 0 Å². The highest BCUT2D eigenvalue weighted by atomic mass is 16.6. The molecular weight excluding hydrogens is 604 g/mol. The summed E-state index contributed by atoms with van der Waals surface area (Å²) in [4.78, 5) is 30.6. The van der Waals surface area contributed by atoms with Gasteiger partial charge in [0.2, 0.25) is 17.8 Å². The monoisotopic (exact) mass is 648 g/mol. The van der Waals surface area contributed by atoms with Gasteiger partial charge in [0.25, 0.3) is 5.91 Å². The van der Waals surface area contributed by atoms with E-state index in [0.29, 0.717) is 52.2 Å². The second-order valence-corrected chi connectivity index (χ2v) is 11.5. The molecular formula is C36H44N2O9. The minimum atomic E-state index is -1.06. The smallest absolute Gasteiger partial charge is 0.268 e. The summed E-state index contributed by atoms with van der Waals surface area (Å²) in [5, 5.41) is 3.25. The van der Waals surface area contributed by atoms with Crippen LogP contribution in [0, 0.1) is 0 Å².